The van der Waals surface area contributed by atoms with Crippen LogP contribution in [0.15, 0.2) is 42.5 Å². The number of hydrogen-bond donors (Lipinski definition) is 2. The maximum atomic E-state index is 14.6. The second-order valence-corrected chi connectivity index (χ2v) is 9.60. The van der Waals surface area contributed by atoms with Crippen LogP contribution in [0, 0.1) is 11.6 Å². The van der Waals surface area contributed by atoms with Crippen molar-refractivity contribution in [3.63, 3.8) is 0 Å². The number of alkyl carbamates (subject to hydrolysis) is 1. The average Bonchev–Trinajstić information content (AvgIpc) is 3.00. The highest BCUT2D eigenvalue weighted by molar-refractivity contribution is 5.84. The van der Waals surface area contributed by atoms with Gasteiger partial charge in [0.2, 0.25) is 5.91 Å². The van der Waals surface area contributed by atoms with E-state index in [1.54, 1.807) is 20.8 Å². The monoisotopic (exact) mass is 457 g/mol. The maximum absolute atomic E-state index is 14.6. The number of ether oxygens (including phenoxy) is 1. The molecule has 6 nitrogen and oxygen atoms in total. The molecule has 2 aliphatic rings. The fourth-order valence-electron chi connectivity index (χ4n) is 4.43. The number of nitrogens with one attached hydrogen (secondary N) is 2. The number of fused-ring (bicyclic) bond motifs is 1. The molecule has 0 saturated carbocycles. The van der Waals surface area contributed by atoms with Crippen LogP contribution in [-0.4, -0.2) is 41.6 Å². The lowest BCUT2D eigenvalue weighted by Gasteiger charge is -2.38. The van der Waals surface area contributed by atoms with Gasteiger partial charge in [-0.15, -0.1) is 0 Å². The van der Waals surface area contributed by atoms with E-state index in [-0.39, 0.29) is 11.5 Å². The first kappa shape index (κ1) is 23.2. The number of hydrogen-bond acceptors (Lipinski definition) is 4. The third-order valence-corrected chi connectivity index (χ3v) is 5.99. The van der Waals surface area contributed by atoms with Gasteiger partial charge in [-0.2, -0.15) is 0 Å². The summed E-state index contributed by atoms with van der Waals surface area (Å²) in [7, 11) is 0. The van der Waals surface area contributed by atoms with Crippen molar-refractivity contribution in [2.45, 2.75) is 57.3 Å². The van der Waals surface area contributed by atoms with Crippen molar-refractivity contribution >= 4 is 12.0 Å². The first-order valence-corrected chi connectivity index (χ1v) is 11.2. The van der Waals surface area contributed by atoms with Gasteiger partial charge in [0, 0.05) is 24.7 Å². The van der Waals surface area contributed by atoms with Crippen molar-refractivity contribution in [2.24, 2.45) is 0 Å². The summed E-state index contributed by atoms with van der Waals surface area (Å²) < 4.78 is 33.5. The predicted molar refractivity (Wildman–Crippen MR) is 119 cm³/mol. The molecule has 176 valence electrons. The lowest BCUT2D eigenvalue weighted by Crippen LogP contribution is -2.52. The Labute approximate surface area is 192 Å². The van der Waals surface area contributed by atoms with E-state index in [9.17, 15) is 18.4 Å². The number of likely N-dealkylation sites (tertiary alicyclic amines) is 1. The highest BCUT2D eigenvalue weighted by atomic mass is 19.1. The molecule has 3 atom stereocenters. The minimum Gasteiger partial charge on any atom is -0.444 e. The number of rotatable bonds is 5. The lowest BCUT2D eigenvalue weighted by atomic mass is 9.99. The zero-order chi connectivity index (χ0) is 23.8. The van der Waals surface area contributed by atoms with Gasteiger partial charge in [-0.25, -0.2) is 13.6 Å². The molecule has 0 radical (unpaired) electrons. The van der Waals surface area contributed by atoms with Gasteiger partial charge in [0.05, 0.1) is 12.1 Å². The Kier molecular flexibility index (Phi) is 6.38. The van der Waals surface area contributed by atoms with E-state index < -0.39 is 41.5 Å². The third-order valence-electron chi connectivity index (χ3n) is 5.99. The molecule has 0 spiro atoms. The van der Waals surface area contributed by atoms with Crippen molar-refractivity contribution in [1.29, 1.82) is 0 Å². The van der Waals surface area contributed by atoms with Gasteiger partial charge in [0.1, 0.15) is 23.3 Å². The topological polar surface area (TPSA) is 70.7 Å². The Balaban J connectivity index is 1.57. The van der Waals surface area contributed by atoms with Crippen LogP contribution in [0.1, 0.15) is 56.0 Å². The number of carbonyl (C=O) groups is 2. The summed E-state index contributed by atoms with van der Waals surface area (Å²) in [4.78, 5) is 27.8. The molecule has 1 heterocycles. The summed E-state index contributed by atoms with van der Waals surface area (Å²) in [6.45, 7) is 6.65. The average molecular weight is 458 g/mol. The third kappa shape index (κ3) is 5.16. The van der Waals surface area contributed by atoms with Crippen molar-refractivity contribution in [1.82, 2.24) is 15.5 Å². The minimum absolute atomic E-state index is 0.140. The molecule has 33 heavy (non-hydrogen) atoms. The molecule has 2 amide bonds. The molecule has 8 heteroatoms. The van der Waals surface area contributed by atoms with Crippen LogP contribution < -0.4 is 10.6 Å². The van der Waals surface area contributed by atoms with Gasteiger partial charge < -0.3 is 15.4 Å². The summed E-state index contributed by atoms with van der Waals surface area (Å²) in [5.74, 6) is -1.82. The van der Waals surface area contributed by atoms with Crippen LogP contribution in [-0.2, 0) is 16.0 Å². The van der Waals surface area contributed by atoms with E-state index in [2.05, 4.69) is 10.6 Å². The quantitative estimate of drug-likeness (QED) is 0.712. The van der Waals surface area contributed by atoms with Crippen LogP contribution in [0.4, 0.5) is 13.6 Å². The first-order chi connectivity index (χ1) is 15.6. The van der Waals surface area contributed by atoms with E-state index in [1.807, 2.05) is 29.2 Å². The molecule has 2 aromatic rings. The number of amides is 2. The van der Waals surface area contributed by atoms with E-state index in [1.165, 1.54) is 6.07 Å². The first-order valence-electron chi connectivity index (χ1n) is 11.2. The van der Waals surface area contributed by atoms with Gasteiger partial charge >= 0.3 is 6.09 Å². The molecule has 1 aliphatic heterocycles. The van der Waals surface area contributed by atoms with E-state index >= 15 is 0 Å². The van der Waals surface area contributed by atoms with Crippen LogP contribution in [0.3, 0.4) is 0 Å². The number of nitrogens with zero attached hydrogens (tertiary/aromatic N) is 1. The Morgan fingerprint density at radius 2 is 1.82 bits per heavy atom. The van der Waals surface area contributed by atoms with E-state index in [0.29, 0.717) is 19.5 Å². The Bertz CT molecular complexity index is 1050. The molecule has 1 fully saturated rings. The highest BCUT2D eigenvalue weighted by Crippen LogP contribution is 2.34. The summed E-state index contributed by atoms with van der Waals surface area (Å²) in [5, 5.41) is 5.91. The zero-order valence-electron chi connectivity index (χ0n) is 19.0. The molecule has 4 rings (SSSR count). The van der Waals surface area contributed by atoms with E-state index in [0.717, 1.165) is 29.7 Å². The molecule has 2 N–H and O–H groups in total. The van der Waals surface area contributed by atoms with Gasteiger partial charge in [0.15, 0.2) is 0 Å². The number of benzene rings is 2. The van der Waals surface area contributed by atoms with Gasteiger partial charge in [0.25, 0.3) is 0 Å². The summed E-state index contributed by atoms with van der Waals surface area (Å²) >= 11 is 0. The SMILES string of the molecule is CC(C)(C)OC(=O)N[C@H]1c2ccccc2C[C@@H]1NC(=O)C(c1ccc(F)cc1F)N1CCC1. The van der Waals surface area contributed by atoms with Crippen molar-refractivity contribution < 1.29 is 23.1 Å². The largest absolute Gasteiger partial charge is 0.444 e. The van der Waals surface area contributed by atoms with Crippen molar-refractivity contribution in [2.75, 3.05) is 13.1 Å². The summed E-state index contributed by atoms with van der Waals surface area (Å²) in [6.07, 6.45) is 0.845. The van der Waals surface area contributed by atoms with Crippen LogP contribution in [0.2, 0.25) is 0 Å². The molecular weight excluding hydrogens is 428 g/mol. The normalized spacial score (nSPS) is 21.0. The molecule has 0 aromatic heterocycles. The Morgan fingerprint density at radius 3 is 2.45 bits per heavy atom. The summed E-state index contributed by atoms with van der Waals surface area (Å²) in [5.41, 5.74) is 1.39. The second-order valence-electron chi connectivity index (χ2n) is 9.60. The fourth-order valence-corrected chi connectivity index (χ4v) is 4.43. The highest BCUT2D eigenvalue weighted by Gasteiger charge is 2.39. The second kappa shape index (κ2) is 9.09. The van der Waals surface area contributed by atoms with Gasteiger partial charge in [-0.1, -0.05) is 30.3 Å². The molecule has 0 bridgehead atoms. The van der Waals surface area contributed by atoms with Crippen LogP contribution >= 0.6 is 0 Å². The summed E-state index contributed by atoms with van der Waals surface area (Å²) in [6, 6.07) is 9.15. The molecule has 1 saturated heterocycles. The van der Waals surface area contributed by atoms with Gasteiger partial charge in [-0.3, -0.25) is 9.69 Å². The number of carbonyl (C=O) groups excluding carboxylic acids is 2. The molecule has 1 unspecified atom stereocenters. The van der Waals surface area contributed by atoms with Crippen molar-refractivity contribution in [3.8, 4) is 0 Å². The standard InChI is InChI=1S/C25H29F2N3O3/c1-25(2,3)33-24(32)29-21-17-8-5-4-7-15(17)13-20(21)28-23(31)22(30-11-6-12-30)18-10-9-16(26)14-19(18)27/h4-5,7-10,14,20-22H,6,11-13H2,1-3H3,(H,28,31)(H,29,32)/t20-,21-,22?/m0/s1. The zero-order valence-corrected chi connectivity index (χ0v) is 19.0. The predicted octanol–water partition coefficient (Wildman–Crippen LogP) is 4.02. The van der Waals surface area contributed by atoms with Crippen LogP contribution in [0.25, 0.3) is 0 Å². The van der Waals surface area contributed by atoms with Gasteiger partial charge in [-0.05, 0) is 50.8 Å². The Hall–Kier alpha value is -3.00. The number of halogens is 2. The lowest BCUT2D eigenvalue weighted by molar-refractivity contribution is -0.129. The molecule has 1 aliphatic carbocycles. The van der Waals surface area contributed by atoms with Crippen LogP contribution in [0.5, 0.6) is 0 Å². The fraction of sp³-hybridized carbons (Fsp3) is 0.440. The smallest absolute Gasteiger partial charge is 0.408 e. The minimum atomic E-state index is -0.870. The van der Waals surface area contributed by atoms with Crippen molar-refractivity contribution in [3.05, 3.63) is 70.8 Å². The maximum Gasteiger partial charge on any atom is 0.408 e. The molecule has 2 aromatic carbocycles. The molecular formula is C25H29F2N3O3. The van der Waals surface area contributed by atoms with E-state index in [4.69, 9.17) is 4.74 Å². The Morgan fingerprint density at radius 1 is 1.09 bits per heavy atom.